The van der Waals surface area contributed by atoms with Crippen molar-refractivity contribution in [2.45, 2.75) is 19.8 Å². The number of carbonyl (C=O) groups excluding carboxylic acids is 1. The molecule has 15 heavy (non-hydrogen) atoms. The van der Waals surface area contributed by atoms with Crippen LogP contribution in [0.1, 0.15) is 35.7 Å². The number of thiocarbonyl (C=S) groups is 1. The Bertz CT molecular complexity index is 457. The normalized spacial score (nSPS) is 14.9. The number of fused-ring (bicyclic) bond motifs is 1. The topological polar surface area (TPSA) is 17.1 Å². The van der Waals surface area contributed by atoms with Gasteiger partial charge in [0, 0.05) is 16.0 Å². The maximum atomic E-state index is 11.8. The monoisotopic (exact) mass is 216 g/mol. The lowest BCUT2D eigenvalue weighted by Crippen LogP contribution is -2.15. The number of hydrogen-bond acceptors (Lipinski definition) is 2. The summed E-state index contributed by atoms with van der Waals surface area (Å²) in [5.74, 6) is 0.0858. The first-order valence-corrected chi connectivity index (χ1v) is 5.53. The first-order chi connectivity index (χ1) is 7.24. The van der Waals surface area contributed by atoms with Gasteiger partial charge in [-0.05, 0) is 18.1 Å². The molecule has 1 aliphatic carbocycles. The molecule has 0 aliphatic heterocycles. The smallest absolute Gasteiger partial charge is 0.186 e. The molecule has 2 rings (SSSR count). The third-order valence-electron chi connectivity index (χ3n) is 2.55. The Balaban J connectivity index is 2.49. The van der Waals surface area contributed by atoms with Gasteiger partial charge in [-0.1, -0.05) is 49.8 Å². The summed E-state index contributed by atoms with van der Waals surface area (Å²) in [6.07, 6.45) is 3.59. The molecule has 0 amide bonds. The van der Waals surface area contributed by atoms with Crippen molar-refractivity contribution in [2.75, 3.05) is 0 Å². The van der Waals surface area contributed by atoms with Crippen LogP contribution in [0.4, 0.5) is 0 Å². The number of allylic oxidation sites excluding steroid dienone is 2. The highest BCUT2D eigenvalue weighted by molar-refractivity contribution is 7.81. The maximum Gasteiger partial charge on any atom is 0.186 e. The van der Waals surface area contributed by atoms with E-state index in [0.29, 0.717) is 0 Å². The zero-order valence-corrected chi connectivity index (χ0v) is 9.43. The number of benzene rings is 1. The SMILES string of the molecule is CCCC1=CC(=O)c2ccccc2C1=S. The minimum atomic E-state index is 0.0858. The van der Waals surface area contributed by atoms with Gasteiger partial charge in [0.15, 0.2) is 5.78 Å². The Morgan fingerprint density at radius 2 is 1.87 bits per heavy atom. The molecule has 0 saturated carbocycles. The Hall–Kier alpha value is -1.28. The van der Waals surface area contributed by atoms with Crippen LogP contribution in [0.3, 0.4) is 0 Å². The third kappa shape index (κ3) is 1.77. The summed E-state index contributed by atoms with van der Waals surface area (Å²) in [6.45, 7) is 2.09. The number of rotatable bonds is 2. The molecule has 1 aliphatic rings. The van der Waals surface area contributed by atoms with Crippen LogP contribution in [0.15, 0.2) is 35.9 Å². The molecular weight excluding hydrogens is 204 g/mol. The minimum absolute atomic E-state index is 0.0858. The molecule has 0 spiro atoms. The van der Waals surface area contributed by atoms with Crippen molar-refractivity contribution in [3.05, 3.63) is 47.0 Å². The van der Waals surface area contributed by atoms with Crippen LogP contribution in [0.5, 0.6) is 0 Å². The second-order valence-corrected chi connectivity index (χ2v) is 4.07. The van der Waals surface area contributed by atoms with Crippen LogP contribution in [-0.4, -0.2) is 10.6 Å². The highest BCUT2D eigenvalue weighted by atomic mass is 32.1. The van der Waals surface area contributed by atoms with Gasteiger partial charge in [-0.25, -0.2) is 0 Å². The van der Waals surface area contributed by atoms with Crippen LogP contribution in [-0.2, 0) is 0 Å². The van der Waals surface area contributed by atoms with E-state index in [4.69, 9.17) is 12.2 Å². The molecule has 76 valence electrons. The predicted octanol–water partition coefficient (Wildman–Crippen LogP) is 3.33. The predicted molar refractivity (Wildman–Crippen MR) is 65.5 cm³/mol. The summed E-state index contributed by atoms with van der Waals surface area (Å²) in [4.78, 5) is 12.6. The largest absolute Gasteiger partial charge is 0.289 e. The summed E-state index contributed by atoms with van der Waals surface area (Å²) in [7, 11) is 0. The second-order valence-electron chi connectivity index (χ2n) is 3.66. The highest BCUT2D eigenvalue weighted by Gasteiger charge is 2.20. The van der Waals surface area contributed by atoms with Gasteiger partial charge in [0.2, 0.25) is 0 Å². The van der Waals surface area contributed by atoms with Gasteiger partial charge in [0.05, 0.1) is 0 Å². The maximum absolute atomic E-state index is 11.8. The van der Waals surface area contributed by atoms with Crippen molar-refractivity contribution in [3.8, 4) is 0 Å². The molecule has 0 aromatic heterocycles. The van der Waals surface area contributed by atoms with Crippen molar-refractivity contribution < 1.29 is 4.79 Å². The van der Waals surface area contributed by atoms with E-state index in [1.807, 2.05) is 24.3 Å². The summed E-state index contributed by atoms with van der Waals surface area (Å²) in [5, 5.41) is 0. The Morgan fingerprint density at radius 3 is 2.53 bits per heavy atom. The van der Waals surface area contributed by atoms with E-state index in [1.54, 1.807) is 6.08 Å². The first kappa shape index (κ1) is 10.2. The van der Waals surface area contributed by atoms with E-state index in [9.17, 15) is 4.79 Å². The van der Waals surface area contributed by atoms with Gasteiger partial charge >= 0.3 is 0 Å². The van der Waals surface area contributed by atoms with Gasteiger partial charge in [0.1, 0.15) is 0 Å². The number of ketones is 1. The standard InChI is InChI=1S/C13H12OS/c1-2-5-9-8-12(14)10-6-3-4-7-11(10)13(9)15/h3-4,6-8H,2,5H2,1H3. The van der Waals surface area contributed by atoms with E-state index in [-0.39, 0.29) is 5.78 Å². The van der Waals surface area contributed by atoms with E-state index >= 15 is 0 Å². The van der Waals surface area contributed by atoms with Gasteiger partial charge in [0.25, 0.3) is 0 Å². The molecule has 2 heteroatoms. The molecule has 0 unspecified atom stereocenters. The average molecular weight is 216 g/mol. The van der Waals surface area contributed by atoms with Crippen LogP contribution >= 0.6 is 12.2 Å². The molecule has 0 radical (unpaired) electrons. The molecule has 0 N–H and O–H groups in total. The van der Waals surface area contributed by atoms with Crippen molar-refractivity contribution in [1.29, 1.82) is 0 Å². The van der Waals surface area contributed by atoms with E-state index in [0.717, 1.165) is 34.4 Å². The van der Waals surface area contributed by atoms with E-state index in [2.05, 4.69) is 6.92 Å². The Kier molecular flexibility index (Phi) is 2.78. The molecular formula is C13H12OS. The van der Waals surface area contributed by atoms with Crippen LogP contribution in [0.2, 0.25) is 0 Å². The summed E-state index contributed by atoms with van der Waals surface area (Å²) in [6, 6.07) is 7.56. The van der Waals surface area contributed by atoms with E-state index < -0.39 is 0 Å². The quantitative estimate of drug-likeness (QED) is 0.705. The molecule has 1 aromatic rings. The lowest BCUT2D eigenvalue weighted by Gasteiger charge is -2.16. The summed E-state index contributed by atoms with van der Waals surface area (Å²) in [5.41, 5.74) is 2.67. The number of carbonyl (C=O) groups is 1. The lowest BCUT2D eigenvalue weighted by molar-refractivity contribution is 0.104. The molecule has 1 aromatic carbocycles. The lowest BCUT2D eigenvalue weighted by atomic mass is 9.89. The van der Waals surface area contributed by atoms with Gasteiger partial charge in [-0.3, -0.25) is 4.79 Å². The Morgan fingerprint density at radius 1 is 1.20 bits per heavy atom. The molecule has 0 heterocycles. The fourth-order valence-corrected chi connectivity index (χ4v) is 2.16. The highest BCUT2D eigenvalue weighted by Crippen LogP contribution is 2.24. The van der Waals surface area contributed by atoms with Crippen molar-refractivity contribution in [1.82, 2.24) is 0 Å². The van der Waals surface area contributed by atoms with Crippen molar-refractivity contribution in [3.63, 3.8) is 0 Å². The second kappa shape index (κ2) is 4.07. The van der Waals surface area contributed by atoms with Crippen LogP contribution in [0, 0.1) is 0 Å². The summed E-state index contributed by atoms with van der Waals surface area (Å²) >= 11 is 5.38. The van der Waals surface area contributed by atoms with Gasteiger partial charge in [-0.15, -0.1) is 0 Å². The van der Waals surface area contributed by atoms with Crippen LogP contribution in [0.25, 0.3) is 0 Å². The minimum Gasteiger partial charge on any atom is -0.289 e. The number of hydrogen-bond donors (Lipinski definition) is 0. The molecule has 0 fully saturated rings. The first-order valence-electron chi connectivity index (χ1n) is 5.12. The fourth-order valence-electron chi connectivity index (χ4n) is 1.83. The fraction of sp³-hybridized carbons (Fsp3) is 0.231. The molecule has 0 saturated heterocycles. The molecule has 0 bridgehead atoms. The van der Waals surface area contributed by atoms with E-state index in [1.165, 1.54) is 0 Å². The zero-order chi connectivity index (χ0) is 10.8. The van der Waals surface area contributed by atoms with Crippen LogP contribution < -0.4 is 0 Å². The molecule has 1 nitrogen and oxygen atoms in total. The van der Waals surface area contributed by atoms with Gasteiger partial charge < -0.3 is 0 Å². The molecule has 0 atom stereocenters. The van der Waals surface area contributed by atoms with Crippen molar-refractivity contribution >= 4 is 22.9 Å². The van der Waals surface area contributed by atoms with Crippen molar-refractivity contribution in [2.24, 2.45) is 0 Å². The summed E-state index contributed by atoms with van der Waals surface area (Å²) < 4.78 is 0. The average Bonchev–Trinajstić information content (AvgIpc) is 2.26. The Labute approximate surface area is 94.8 Å². The third-order valence-corrected chi connectivity index (χ3v) is 3.04. The zero-order valence-electron chi connectivity index (χ0n) is 8.62. The van der Waals surface area contributed by atoms with Gasteiger partial charge in [-0.2, -0.15) is 0 Å².